The second kappa shape index (κ2) is 10.0. The highest BCUT2D eigenvalue weighted by molar-refractivity contribution is 6.44. The zero-order chi connectivity index (χ0) is 18.9. The molecule has 0 aliphatic carbocycles. The monoisotopic (exact) mass is 394 g/mol. The van der Waals surface area contributed by atoms with Crippen molar-refractivity contribution in [2.24, 2.45) is 0 Å². The van der Waals surface area contributed by atoms with Gasteiger partial charge in [-0.1, -0.05) is 47.5 Å². The molecule has 0 spiro atoms. The van der Waals surface area contributed by atoms with Crippen molar-refractivity contribution in [2.45, 2.75) is 13.3 Å². The van der Waals surface area contributed by atoms with Gasteiger partial charge in [0.25, 0.3) is 0 Å². The average Bonchev–Trinajstić information content (AvgIpc) is 2.62. The summed E-state index contributed by atoms with van der Waals surface area (Å²) < 4.78 is 5.48. The van der Waals surface area contributed by atoms with Crippen LogP contribution in [0.15, 0.2) is 48.5 Å². The first-order valence-electron chi connectivity index (χ1n) is 8.15. The molecule has 2 amide bonds. The molecule has 0 aromatic heterocycles. The maximum absolute atomic E-state index is 11.9. The first kappa shape index (κ1) is 20.1. The number of carbonyl (C=O) groups is 2. The fourth-order valence-corrected chi connectivity index (χ4v) is 2.72. The van der Waals surface area contributed by atoms with Crippen LogP contribution in [0.25, 0.3) is 0 Å². The number of para-hydroxylation sites is 1. The largest absolute Gasteiger partial charge is 0.493 e. The molecular weight excluding hydrogens is 375 g/mol. The predicted octanol–water partition coefficient (Wildman–Crippen LogP) is 3.93. The van der Waals surface area contributed by atoms with E-state index in [0.29, 0.717) is 28.8 Å². The molecule has 0 fully saturated rings. The van der Waals surface area contributed by atoms with E-state index < -0.39 is 0 Å². The molecule has 0 saturated carbocycles. The summed E-state index contributed by atoms with van der Waals surface area (Å²) in [6.45, 7) is 2.31. The lowest BCUT2D eigenvalue weighted by molar-refractivity contribution is -0.122. The van der Waals surface area contributed by atoms with Gasteiger partial charge in [-0.3, -0.25) is 9.59 Å². The molecule has 0 radical (unpaired) electrons. The molecule has 0 bridgehead atoms. The van der Waals surface area contributed by atoms with Crippen LogP contribution in [-0.4, -0.2) is 31.5 Å². The normalized spacial score (nSPS) is 10.3. The molecule has 5 nitrogen and oxygen atoms in total. The van der Waals surface area contributed by atoms with Crippen LogP contribution in [0.2, 0.25) is 10.0 Å². The first-order chi connectivity index (χ1) is 12.5. The van der Waals surface area contributed by atoms with Crippen LogP contribution in [0.1, 0.15) is 13.3 Å². The number of ether oxygens (including phenoxy) is 1. The fourth-order valence-electron chi connectivity index (χ4n) is 2.32. The molecule has 0 atom stereocenters. The molecule has 0 aliphatic rings. The summed E-state index contributed by atoms with van der Waals surface area (Å²) in [5, 5.41) is 3.45. The van der Waals surface area contributed by atoms with Crippen molar-refractivity contribution >= 4 is 40.7 Å². The van der Waals surface area contributed by atoms with E-state index in [4.69, 9.17) is 27.9 Å². The van der Waals surface area contributed by atoms with Gasteiger partial charge >= 0.3 is 0 Å². The SMILES string of the molecule is CC(=O)N(CCNC(=O)CCOc1ccccc1)c1cccc(Cl)c1Cl. The van der Waals surface area contributed by atoms with E-state index >= 15 is 0 Å². The highest BCUT2D eigenvalue weighted by Crippen LogP contribution is 2.32. The average molecular weight is 395 g/mol. The van der Waals surface area contributed by atoms with Crippen LogP contribution < -0.4 is 15.0 Å². The Morgan fingerprint density at radius 1 is 1.08 bits per heavy atom. The number of anilines is 1. The zero-order valence-electron chi connectivity index (χ0n) is 14.4. The number of carbonyl (C=O) groups excluding carboxylic acids is 2. The van der Waals surface area contributed by atoms with Crippen LogP contribution in [0.4, 0.5) is 5.69 Å². The molecule has 0 aliphatic heterocycles. The van der Waals surface area contributed by atoms with Crippen molar-refractivity contribution in [1.29, 1.82) is 0 Å². The van der Waals surface area contributed by atoms with Crippen molar-refractivity contribution < 1.29 is 14.3 Å². The van der Waals surface area contributed by atoms with Crippen LogP contribution >= 0.6 is 23.2 Å². The molecule has 2 aromatic carbocycles. The molecule has 0 saturated heterocycles. The zero-order valence-corrected chi connectivity index (χ0v) is 15.9. The Bertz CT molecular complexity index is 754. The lowest BCUT2D eigenvalue weighted by Gasteiger charge is -2.23. The highest BCUT2D eigenvalue weighted by atomic mass is 35.5. The summed E-state index contributed by atoms with van der Waals surface area (Å²) in [7, 11) is 0. The minimum atomic E-state index is -0.184. The lowest BCUT2D eigenvalue weighted by atomic mass is 10.2. The highest BCUT2D eigenvalue weighted by Gasteiger charge is 2.16. The topological polar surface area (TPSA) is 58.6 Å². The van der Waals surface area contributed by atoms with E-state index in [-0.39, 0.29) is 24.8 Å². The van der Waals surface area contributed by atoms with Gasteiger partial charge in [0, 0.05) is 20.0 Å². The Morgan fingerprint density at radius 3 is 2.50 bits per heavy atom. The predicted molar refractivity (Wildman–Crippen MR) is 104 cm³/mol. The summed E-state index contributed by atoms with van der Waals surface area (Å²) in [6.07, 6.45) is 0.229. The lowest BCUT2D eigenvalue weighted by Crippen LogP contribution is -2.38. The standard InChI is InChI=1S/C19H20Cl2N2O3/c1-14(24)23(17-9-5-8-16(20)19(17)21)12-11-22-18(25)10-13-26-15-6-3-2-4-7-15/h2-9H,10-13H2,1H3,(H,22,25). The fraction of sp³-hybridized carbons (Fsp3) is 0.263. The number of benzene rings is 2. The third kappa shape index (κ3) is 5.93. The third-order valence-corrected chi connectivity index (χ3v) is 4.41. The van der Waals surface area contributed by atoms with Crippen molar-refractivity contribution in [3.8, 4) is 5.75 Å². The summed E-state index contributed by atoms with van der Waals surface area (Å²) in [5.41, 5.74) is 0.522. The van der Waals surface area contributed by atoms with E-state index in [9.17, 15) is 9.59 Å². The molecule has 0 heterocycles. The second-order valence-electron chi connectivity index (χ2n) is 5.51. The molecule has 26 heavy (non-hydrogen) atoms. The number of hydrogen-bond acceptors (Lipinski definition) is 3. The van der Waals surface area contributed by atoms with Gasteiger partial charge in [0.1, 0.15) is 5.75 Å². The molecular formula is C19H20Cl2N2O3. The van der Waals surface area contributed by atoms with E-state index in [1.54, 1.807) is 18.2 Å². The Balaban J connectivity index is 1.79. The van der Waals surface area contributed by atoms with E-state index in [1.165, 1.54) is 11.8 Å². The van der Waals surface area contributed by atoms with Crippen LogP contribution in [0.5, 0.6) is 5.75 Å². The van der Waals surface area contributed by atoms with E-state index in [0.717, 1.165) is 5.75 Å². The number of halogens is 2. The molecule has 2 aromatic rings. The number of hydrogen-bond donors (Lipinski definition) is 1. The molecule has 2 rings (SSSR count). The smallest absolute Gasteiger partial charge is 0.223 e. The van der Waals surface area contributed by atoms with Crippen molar-refractivity contribution in [2.75, 3.05) is 24.6 Å². The Hall–Kier alpha value is -2.24. The Labute approximate surface area is 162 Å². The van der Waals surface area contributed by atoms with Gasteiger partial charge < -0.3 is 15.0 Å². The first-order valence-corrected chi connectivity index (χ1v) is 8.91. The Kier molecular flexibility index (Phi) is 7.75. The number of rotatable bonds is 8. The maximum Gasteiger partial charge on any atom is 0.223 e. The van der Waals surface area contributed by atoms with Gasteiger partial charge in [-0.25, -0.2) is 0 Å². The van der Waals surface area contributed by atoms with Crippen LogP contribution in [0, 0.1) is 0 Å². The van der Waals surface area contributed by atoms with E-state index in [1.807, 2.05) is 30.3 Å². The minimum absolute atomic E-state index is 0.151. The second-order valence-corrected chi connectivity index (χ2v) is 6.29. The van der Waals surface area contributed by atoms with Crippen molar-refractivity contribution in [1.82, 2.24) is 5.32 Å². The van der Waals surface area contributed by atoms with Gasteiger partial charge in [0.2, 0.25) is 11.8 Å². The number of nitrogens with zero attached hydrogens (tertiary/aromatic N) is 1. The number of amides is 2. The minimum Gasteiger partial charge on any atom is -0.493 e. The van der Waals surface area contributed by atoms with Crippen LogP contribution in [-0.2, 0) is 9.59 Å². The van der Waals surface area contributed by atoms with Gasteiger partial charge in [-0.2, -0.15) is 0 Å². The summed E-state index contributed by atoms with van der Waals surface area (Å²) in [6, 6.07) is 14.4. The molecule has 0 unspecified atom stereocenters. The maximum atomic E-state index is 11.9. The molecule has 7 heteroatoms. The van der Waals surface area contributed by atoms with Gasteiger partial charge in [-0.15, -0.1) is 0 Å². The summed E-state index contributed by atoms with van der Waals surface area (Å²) >= 11 is 12.2. The summed E-state index contributed by atoms with van der Waals surface area (Å²) in [5.74, 6) is 0.385. The van der Waals surface area contributed by atoms with Gasteiger partial charge in [0.15, 0.2) is 0 Å². The molecule has 138 valence electrons. The van der Waals surface area contributed by atoms with E-state index in [2.05, 4.69) is 5.32 Å². The van der Waals surface area contributed by atoms with Gasteiger partial charge in [-0.05, 0) is 24.3 Å². The third-order valence-electron chi connectivity index (χ3n) is 3.60. The number of nitrogens with one attached hydrogen (secondary N) is 1. The van der Waals surface area contributed by atoms with Crippen molar-refractivity contribution in [3.63, 3.8) is 0 Å². The Morgan fingerprint density at radius 2 is 1.81 bits per heavy atom. The van der Waals surface area contributed by atoms with Crippen LogP contribution in [0.3, 0.4) is 0 Å². The van der Waals surface area contributed by atoms with Crippen molar-refractivity contribution in [3.05, 3.63) is 58.6 Å². The quantitative estimate of drug-likeness (QED) is 0.737. The molecule has 1 N–H and O–H groups in total. The summed E-state index contributed by atoms with van der Waals surface area (Å²) in [4.78, 5) is 25.3. The van der Waals surface area contributed by atoms with Gasteiger partial charge in [0.05, 0.1) is 28.8 Å².